The summed E-state index contributed by atoms with van der Waals surface area (Å²) >= 11 is 0. The molecule has 1 aromatic carbocycles. The summed E-state index contributed by atoms with van der Waals surface area (Å²) < 4.78 is 5.20. The van der Waals surface area contributed by atoms with Gasteiger partial charge in [-0.15, -0.1) is 0 Å². The molecule has 116 valence electrons. The molecule has 1 fully saturated rings. The molecule has 4 rings (SSSR count). The van der Waals surface area contributed by atoms with Gasteiger partial charge in [0.15, 0.2) is 0 Å². The smallest absolute Gasteiger partial charge is 0.260 e. The fraction of sp³-hybridized carbons (Fsp3) is 0.250. The van der Waals surface area contributed by atoms with Crippen molar-refractivity contribution >= 4 is 34.3 Å². The third kappa shape index (κ3) is 1.89. The molecule has 1 saturated heterocycles. The van der Waals surface area contributed by atoms with Crippen molar-refractivity contribution < 1.29 is 19.1 Å². The maximum atomic E-state index is 12.8. The summed E-state index contributed by atoms with van der Waals surface area (Å²) in [4.78, 5) is 42.1. The van der Waals surface area contributed by atoms with E-state index in [-0.39, 0.29) is 24.7 Å². The Kier molecular flexibility index (Phi) is 2.84. The maximum Gasteiger partial charge on any atom is 0.260 e. The predicted molar refractivity (Wildman–Crippen MR) is 81.3 cm³/mol. The first kappa shape index (κ1) is 13.7. The van der Waals surface area contributed by atoms with Crippen LogP contribution in [0.2, 0.25) is 0 Å². The second kappa shape index (κ2) is 4.77. The van der Waals surface area contributed by atoms with E-state index in [1.54, 1.807) is 18.2 Å². The van der Waals surface area contributed by atoms with Crippen LogP contribution in [0.3, 0.4) is 0 Å². The molecular formula is C16H13N3O4. The summed E-state index contributed by atoms with van der Waals surface area (Å²) in [6.45, 7) is 0. The summed E-state index contributed by atoms with van der Waals surface area (Å²) in [7, 11) is 1.50. The molecule has 1 unspecified atom stereocenters. The van der Waals surface area contributed by atoms with Gasteiger partial charge in [0.2, 0.25) is 17.7 Å². The minimum absolute atomic E-state index is 0.198. The van der Waals surface area contributed by atoms with Crippen LogP contribution < -0.4 is 15.0 Å². The lowest BCUT2D eigenvalue weighted by Crippen LogP contribution is -2.53. The summed E-state index contributed by atoms with van der Waals surface area (Å²) in [6.07, 6.45) is 0.481. The van der Waals surface area contributed by atoms with Gasteiger partial charge >= 0.3 is 0 Å². The van der Waals surface area contributed by atoms with Crippen molar-refractivity contribution in [2.45, 2.75) is 18.9 Å². The van der Waals surface area contributed by atoms with Crippen molar-refractivity contribution in [3.8, 4) is 5.88 Å². The van der Waals surface area contributed by atoms with Gasteiger partial charge in [0, 0.05) is 17.9 Å². The van der Waals surface area contributed by atoms with Gasteiger partial charge in [0.25, 0.3) is 5.91 Å². The van der Waals surface area contributed by atoms with E-state index in [2.05, 4.69) is 10.3 Å². The van der Waals surface area contributed by atoms with Gasteiger partial charge < -0.3 is 4.74 Å². The molecule has 23 heavy (non-hydrogen) atoms. The van der Waals surface area contributed by atoms with Gasteiger partial charge in [0.05, 0.1) is 12.7 Å². The largest absolute Gasteiger partial charge is 0.481 e. The third-order valence-corrected chi connectivity index (χ3v) is 4.22. The minimum Gasteiger partial charge on any atom is -0.481 e. The van der Waals surface area contributed by atoms with E-state index < -0.39 is 11.9 Å². The minimum atomic E-state index is -0.740. The van der Waals surface area contributed by atoms with Crippen molar-refractivity contribution in [3.63, 3.8) is 0 Å². The molecule has 1 atom stereocenters. The van der Waals surface area contributed by atoms with Crippen LogP contribution in [0.25, 0.3) is 10.8 Å². The molecule has 0 aliphatic carbocycles. The molecule has 3 heterocycles. The molecule has 3 amide bonds. The van der Waals surface area contributed by atoms with Crippen LogP contribution in [0.1, 0.15) is 23.2 Å². The fourth-order valence-corrected chi connectivity index (χ4v) is 3.17. The average molecular weight is 311 g/mol. The van der Waals surface area contributed by atoms with Crippen molar-refractivity contribution in [2.24, 2.45) is 0 Å². The summed E-state index contributed by atoms with van der Waals surface area (Å²) in [5.41, 5.74) is 0.511. The first-order valence-electron chi connectivity index (χ1n) is 7.25. The van der Waals surface area contributed by atoms with Crippen molar-refractivity contribution in [3.05, 3.63) is 29.8 Å². The molecule has 1 aromatic heterocycles. The normalized spacial score (nSPS) is 20.1. The Morgan fingerprint density at radius 2 is 2.13 bits per heavy atom. The van der Waals surface area contributed by atoms with Gasteiger partial charge in [-0.05, 0) is 17.9 Å². The zero-order chi connectivity index (χ0) is 16.1. The SMILES string of the molecule is COc1cc2cccc3c2c(n1)N(C1CCC(=O)NC1=O)C3=O. The highest BCUT2D eigenvalue weighted by molar-refractivity contribution is 6.26. The number of piperidine rings is 1. The Morgan fingerprint density at radius 3 is 2.87 bits per heavy atom. The number of imide groups is 1. The molecule has 7 heteroatoms. The van der Waals surface area contributed by atoms with Crippen LogP contribution >= 0.6 is 0 Å². The number of hydrogen-bond donors (Lipinski definition) is 1. The number of benzene rings is 1. The summed E-state index contributed by atoms with van der Waals surface area (Å²) in [6, 6.07) is 6.38. The number of ether oxygens (including phenoxy) is 1. The zero-order valence-electron chi connectivity index (χ0n) is 12.3. The molecule has 0 saturated carbocycles. The molecule has 0 spiro atoms. The van der Waals surface area contributed by atoms with E-state index in [1.165, 1.54) is 12.0 Å². The lowest BCUT2D eigenvalue weighted by atomic mass is 10.0. The summed E-state index contributed by atoms with van der Waals surface area (Å²) in [5.74, 6) is -0.286. The number of methoxy groups -OCH3 is 1. The zero-order valence-corrected chi connectivity index (χ0v) is 12.3. The van der Waals surface area contributed by atoms with E-state index in [0.29, 0.717) is 22.6 Å². The number of nitrogens with one attached hydrogen (secondary N) is 1. The molecule has 2 aliphatic rings. The maximum absolute atomic E-state index is 12.8. The number of amides is 3. The number of nitrogens with zero attached hydrogens (tertiary/aromatic N) is 2. The van der Waals surface area contributed by atoms with Crippen LogP contribution in [0.15, 0.2) is 24.3 Å². The first-order chi connectivity index (χ1) is 11.1. The van der Waals surface area contributed by atoms with Crippen LogP contribution in [-0.2, 0) is 9.59 Å². The molecule has 0 bridgehead atoms. The number of carbonyl (C=O) groups is 3. The van der Waals surface area contributed by atoms with Gasteiger partial charge in [-0.25, -0.2) is 0 Å². The first-order valence-corrected chi connectivity index (χ1v) is 7.25. The Bertz CT molecular complexity index is 877. The van der Waals surface area contributed by atoms with E-state index in [9.17, 15) is 14.4 Å². The van der Waals surface area contributed by atoms with E-state index in [4.69, 9.17) is 4.74 Å². The lowest BCUT2D eigenvalue weighted by Gasteiger charge is -2.29. The Hall–Kier alpha value is -2.96. The Balaban J connectivity index is 1.89. The number of pyridine rings is 1. The highest BCUT2D eigenvalue weighted by Gasteiger charge is 2.41. The van der Waals surface area contributed by atoms with E-state index >= 15 is 0 Å². The highest BCUT2D eigenvalue weighted by atomic mass is 16.5. The van der Waals surface area contributed by atoms with Crippen LogP contribution in [0.5, 0.6) is 5.88 Å². The predicted octanol–water partition coefficient (Wildman–Crippen LogP) is 1.01. The quantitative estimate of drug-likeness (QED) is 0.836. The van der Waals surface area contributed by atoms with Crippen LogP contribution in [0.4, 0.5) is 5.82 Å². The molecular weight excluding hydrogens is 298 g/mol. The lowest BCUT2D eigenvalue weighted by molar-refractivity contribution is -0.134. The number of anilines is 1. The van der Waals surface area contributed by atoms with Gasteiger partial charge in [-0.1, -0.05) is 12.1 Å². The molecule has 2 aromatic rings. The van der Waals surface area contributed by atoms with Crippen molar-refractivity contribution in [2.75, 3.05) is 12.0 Å². The molecule has 7 nitrogen and oxygen atoms in total. The molecule has 1 N–H and O–H groups in total. The fourth-order valence-electron chi connectivity index (χ4n) is 3.17. The van der Waals surface area contributed by atoms with E-state index in [0.717, 1.165) is 5.39 Å². The molecule has 2 aliphatic heterocycles. The highest BCUT2D eigenvalue weighted by Crippen LogP contribution is 2.39. The number of hydrogen-bond acceptors (Lipinski definition) is 5. The second-order valence-electron chi connectivity index (χ2n) is 5.53. The average Bonchev–Trinajstić information content (AvgIpc) is 2.82. The van der Waals surface area contributed by atoms with Gasteiger partial charge in [0.1, 0.15) is 11.9 Å². The Morgan fingerprint density at radius 1 is 1.30 bits per heavy atom. The second-order valence-corrected chi connectivity index (χ2v) is 5.53. The van der Waals surface area contributed by atoms with Crippen LogP contribution in [0, 0.1) is 0 Å². The Labute approximate surface area is 131 Å². The number of rotatable bonds is 2. The standard InChI is InChI=1S/C16H13N3O4/c1-23-12-7-8-3-2-4-9-13(8)14(18-12)19(16(9)22)10-5-6-11(20)17-15(10)21/h2-4,7,10H,5-6H2,1H3,(H,17,20,21). The van der Waals surface area contributed by atoms with E-state index in [1.807, 2.05) is 6.07 Å². The third-order valence-electron chi connectivity index (χ3n) is 4.22. The van der Waals surface area contributed by atoms with Crippen LogP contribution in [-0.4, -0.2) is 35.9 Å². The number of aromatic nitrogens is 1. The monoisotopic (exact) mass is 311 g/mol. The van der Waals surface area contributed by atoms with Gasteiger partial charge in [-0.2, -0.15) is 4.98 Å². The molecule has 0 radical (unpaired) electrons. The summed E-state index contributed by atoms with van der Waals surface area (Å²) in [5, 5.41) is 3.82. The van der Waals surface area contributed by atoms with Crippen molar-refractivity contribution in [1.82, 2.24) is 10.3 Å². The number of carbonyl (C=O) groups excluding carboxylic acids is 3. The van der Waals surface area contributed by atoms with Gasteiger partial charge in [-0.3, -0.25) is 24.6 Å². The van der Waals surface area contributed by atoms with Crippen molar-refractivity contribution in [1.29, 1.82) is 0 Å². The topological polar surface area (TPSA) is 88.6 Å².